The zero-order chi connectivity index (χ0) is 19.2. The number of aryl methyl sites for hydroxylation is 2. The molecule has 0 atom stereocenters. The molecule has 3 rings (SSSR count). The number of nitrogens with zero attached hydrogens (tertiary/aromatic N) is 7. The molecule has 0 unspecified atom stereocenters. The Labute approximate surface area is 161 Å². The first-order valence-electron chi connectivity index (χ1n) is 9.64. The van der Waals surface area contributed by atoms with Gasteiger partial charge in [0.25, 0.3) is 0 Å². The minimum atomic E-state index is 0.762. The van der Waals surface area contributed by atoms with E-state index in [1.165, 1.54) is 11.3 Å². The SMILES string of the molecule is CCNC(=NCCc1c(C)nn(C)c1C)N1CCN(c2ncccn2)CC1. The normalized spacial score (nSPS) is 15.3. The Morgan fingerprint density at radius 1 is 1.15 bits per heavy atom. The van der Waals surface area contributed by atoms with Gasteiger partial charge in [-0.1, -0.05) is 0 Å². The Kier molecular flexibility index (Phi) is 6.26. The molecule has 1 N–H and O–H groups in total. The van der Waals surface area contributed by atoms with Crippen LogP contribution < -0.4 is 10.2 Å². The van der Waals surface area contributed by atoms with Gasteiger partial charge in [0.15, 0.2) is 5.96 Å². The van der Waals surface area contributed by atoms with Crippen molar-refractivity contribution < 1.29 is 0 Å². The number of nitrogens with one attached hydrogen (secondary N) is 1. The zero-order valence-electron chi connectivity index (χ0n) is 16.8. The van der Waals surface area contributed by atoms with Gasteiger partial charge in [-0.05, 0) is 38.8 Å². The Bertz CT molecular complexity index is 760. The van der Waals surface area contributed by atoms with Crippen LogP contribution in [0, 0.1) is 13.8 Å². The quantitative estimate of drug-likeness (QED) is 0.629. The lowest BCUT2D eigenvalue weighted by Gasteiger charge is -2.36. The maximum Gasteiger partial charge on any atom is 0.225 e. The summed E-state index contributed by atoms with van der Waals surface area (Å²) in [6.07, 6.45) is 4.50. The lowest BCUT2D eigenvalue weighted by Crippen LogP contribution is -2.53. The summed E-state index contributed by atoms with van der Waals surface area (Å²) in [5, 5.41) is 7.93. The molecule has 0 aliphatic carbocycles. The van der Waals surface area contributed by atoms with Crippen molar-refractivity contribution in [2.45, 2.75) is 27.2 Å². The van der Waals surface area contributed by atoms with E-state index >= 15 is 0 Å². The molecule has 8 nitrogen and oxygen atoms in total. The molecule has 1 fully saturated rings. The number of aromatic nitrogens is 4. The van der Waals surface area contributed by atoms with Gasteiger partial charge in [0, 0.05) is 64.4 Å². The first-order valence-corrected chi connectivity index (χ1v) is 9.64. The number of guanidine groups is 1. The second-order valence-corrected chi connectivity index (χ2v) is 6.78. The van der Waals surface area contributed by atoms with Gasteiger partial charge < -0.3 is 15.1 Å². The summed E-state index contributed by atoms with van der Waals surface area (Å²) < 4.78 is 1.95. The molecule has 0 bridgehead atoms. The van der Waals surface area contributed by atoms with Crippen LogP contribution in [0.5, 0.6) is 0 Å². The van der Waals surface area contributed by atoms with Crippen LogP contribution in [0.1, 0.15) is 23.9 Å². The number of rotatable bonds is 5. The monoisotopic (exact) mass is 370 g/mol. The van der Waals surface area contributed by atoms with Gasteiger partial charge in [0.1, 0.15) is 0 Å². The largest absolute Gasteiger partial charge is 0.357 e. The van der Waals surface area contributed by atoms with Crippen molar-refractivity contribution in [3.8, 4) is 0 Å². The molecule has 2 aromatic rings. The highest BCUT2D eigenvalue weighted by molar-refractivity contribution is 5.80. The summed E-state index contributed by atoms with van der Waals surface area (Å²) in [4.78, 5) is 18.1. The summed E-state index contributed by atoms with van der Waals surface area (Å²) in [6, 6.07) is 1.85. The predicted octanol–water partition coefficient (Wildman–Crippen LogP) is 1.16. The van der Waals surface area contributed by atoms with Crippen LogP contribution in [0.2, 0.25) is 0 Å². The third-order valence-electron chi connectivity index (χ3n) is 5.03. The standard InChI is InChI=1S/C19H30N8/c1-5-20-18(23-10-7-17-15(2)24-25(4)16(17)3)26-11-13-27(14-12-26)19-21-8-6-9-22-19/h6,8-9H,5,7,10-14H2,1-4H3,(H,20,23). The predicted molar refractivity (Wildman–Crippen MR) is 108 cm³/mol. The minimum absolute atomic E-state index is 0.762. The first-order chi connectivity index (χ1) is 13.1. The van der Waals surface area contributed by atoms with Crippen LogP contribution in [0.4, 0.5) is 5.95 Å². The fourth-order valence-corrected chi connectivity index (χ4v) is 3.45. The van der Waals surface area contributed by atoms with E-state index in [-0.39, 0.29) is 0 Å². The number of anilines is 1. The molecule has 1 aliphatic heterocycles. The van der Waals surface area contributed by atoms with Crippen LogP contribution >= 0.6 is 0 Å². The highest BCUT2D eigenvalue weighted by Crippen LogP contribution is 2.13. The summed E-state index contributed by atoms with van der Waals surface area (Å²) in [5.41, 5.74) is 3.64. The van der Waals surface area contributed by atoms with Crippen LogP contribution in [-0.2, 0) is 13.5 Å². The third-order valence-corrected chi connectivity index (χ3v) is 5.03. The second-order valence-electron chi connectivity index (χ2n) is 6.78. The van der Waals surface area contributed by atoms with Crippen LogP contribution in [0.25, 0.3) is 0 Å². The summed E-state index contributed by atoms with van der Waals surface area (Å²) in [6.45, 7) is 11.5. The highest BCUT2D eigenvalue weighted by atomic mass is 15.4. The van der Waals surface area contributed by atoms with Gasteiger partial charge in [-0.2, -0.15) is 5.10 Å². The summed E-state index contributed by atoms with van der Waals surface area (Å²) >= 11 is 0. The molecule has 2 aromatic heterocycles. The zero-order valence-corrected chi connectivity index (χ0v) is 16.8. The van der Waals surface area contributed by atoms with Crippen molar-refractivity contribution in [2.24, 2.45) is 12.0 Å². The average molecular weight is 371 g/mol. The number of piperazine rings is 1. The smallest absolute Gasteiger partial charge is 0.225 e. The molecule has 8 heteroatoms. The molecular weight excluding hydrogens is 340 g/mol. The fraction of sp³-hybridized carbons (Fsp3) is 0.579. The second kappa shape index (κ2) is 8.83. The van der Waals surface area contributed by atoms with Gasteiger partial charge >= 0.3 is 0 Å². The minimum Gasteiger partial charge on any atom is -0.357 e. The fourth-order valence-electron chi connectivity index (χ4n) is 3.45. The molecule has 3 heterocycles. The number of hydrogen-bond donors (Lipinski definition) is 1. The number of hydrogen-bond acceptors (Lipinski definition) is 5. The van der Waals surface area contributed by atoms with Gasteiger partial charge in [0.2, 0.25) is 5.95 Å². The Hall–Kier alpha value is -2.64. The van der Waals surface area contributed by atoms with Crippen molar-refractivity contribution >= 4 is 11.9 Å². The van der Waals surface area contributed by atoms with Crippen molar-refractivity contribution in [3.63, 3.8) is 0 Å². The van der Waals surface area contributed by atoms with E-state index in [9.17, 15) is 0 Å². The molecular formula is C19H30N8. The maximum absolute atomic E-state index is 4.87. The molecule has 146 valence electrons. The van der Waals surface area contributed by atoms with Crippen molar-refractivity contribution in [2.75, 3.05) is 44.2 Å². The van der Waals surface area contributed by atoms with Gasteiger partial charge in [-0.25, -0.2) is 9.97 Å². The Balaban J connectivity index is 1.59. The highest BCUT2D eigenvalue weighted by Gasteiger charge is 2.21. The molecule has 1 aliphatic rings. The van der Waals surface area contributed by atoms with E-state index < -0.39 is 0 Å². The average Bonchev–Trinajstić information content (AvgIpc) is 2.94. The first kappa shape index (κ1) is 19.1. The third kappa shape index (κ3) is 4.56. The Morgan fingerprint density at radius 3 is 2.44 bits per heavy atom. The number of aliphatic imine (C=N–C) groups is 1. The van der Waals surface area contributed by atoms with E-state index in [2.05, 4.69) is 51.0 Å². The van der Waals surface area contributed by atoms with Gasteiger partial charge in [0.05, 0.1) is 5.69 Å². The van der Waals surface area contributed by atoms with Crippen LogP contribution in [-0.4, -0.2) is 69.9 Å². The summed E-state index contributed by atoms with van der Waals surface area (Å²) in [5.74, 6) is 1.80. The molecule has 0 amide bonds. The summed E-state index contributed by atoms with van der Waals surface area (Å²) in [7, 11) is 2.00. The maximum atomic E-state index is 4.87. The van der Waals surface area contributed by atoms with E-state index in [1.807, 2.05) is 17.8 Å². The van der Waals surface area contributed by atoms with Crippen molar-refractivity contribution in [3.05, 3.63) is 35.4 Å². The van der Waals surface area contributed by atoms with Gasteiger partial charge in [-0.3, -0.25) is 9.67 Å². The molecule has 0 aromatic carbocycles. The van der Waals surface area contributed by atoms with E-state index in [4.69, 9.17) is 4.99 Å². The molecule has 0 spiro atoms. The van der Waals surface area contributed by atoms with E-state index in [0.717, 1.165) is 63.3 Å². The van der Waals surface area contributed by atoms with Gasteiger partial charge in [-0.15, -0.1) is 0 Å². The molecule has 1 saturated heterocycles. The van der Waals surface area contributed by atoms with Crippen molar-refractivity contribution in [1.82, 2.24) is 30.0 Å². The molecule has 27 heavy (non-hydrogen) atoms. The van der Waals surface area contributed by atoms with E-state index in [1.54, 1.807) is 12.4 Å². The van der Waals surface area contributed by atoms with E-state index in [0.29, 0.717) is 0 Å². The van der Waals surface area contributed by atoms with Crippen LogP contribution in [0.15, 0.2) is 23.5 Å². The topological polar surface area (TPSA) is 74.5 Å². The van der Waals surface area contributed by atoms with Crippen molar-refractivity contribution in [1.29, 1.82) is 0 Å². The molecule has 0 radical (unpaired) electrons. The Morgan fingerprint density at radius 2 is 1.85 bits per heavy atom. The lowest BCUT2D eigenvalue weighted by atomic mass is 10.1. The molecule has 0 saturated carbocycles. The van der Waals surface area contributed by atoms with Crippen LogP contribution in [0.3, 0.4) is 0 Å². The lowest BCUT2D eigenvalue weighted by molar-refractivity contribution is 0.370.